The molecular weight excluding hydrogens is 274 g/mol. The van der Waals surface area contributed by atoms with Crippen molar-refractivity contribution in [3.8, 4) is 0 Å². The molecule has 1 fully saturated rings. The molecule has 1 amide bonds. The van der Waals surface area contributed by atoms with Gasteiger partial charge in [0.2, 0.25) is 5.91 Å². The summed E-state index contributed by atoms with van der Waals surface area (Å²) >= 11 is 6.06. The maximum Gasteiger partial charge on any atom is 0.238 e. The molecule has 1 saturated heterocycles. The number of likely N-dealkylation sites (N-methyl/N-ethyl adjacent to an activating group) is 1. The fraction of sp³-hybridized carbons (Fsp3) is 0.533. The lowest BCUT2D eigenvalue weighted by atomic mass is 10.1. The Morgan fingerprint density at radius 2 is 2.30 bits per heavy atom. The second-order valence-electron chi connectivity index (χ2n) is 5.38. The van der Waals surface area contributed by atoms with E-state index in [9.17, 15) is 4.79 Å². The first kappa shape index (κ1) is 15.3. The van der Waals surface area contributed by atoms with Crippen LogP contribution in [0.2, 0.25) is 5.02 Å². The molecule has 0 spiro atoms. The number of rotatable bonds is 4. The van der Waals surface area contributed by atoms with E-state index in [-0.39, 0.29) is 5.91 Å². The topological polar surface area (TPSA) is 44.4 Å². The lowest BCUT2D eigenvalue weighted by Gasteiger charge is -2.31. The molecule has 4 nitrogen and oxygen atoms in total. The van der Waals surface area contributed by atoms with E-state index in [0.717, 1.165) is 30.8 Å². The molecule has 0 radical (unpaired) electrons. The summed E-state index contributed by atoms with van der Waals surface area (Å²) in [6.07, 6.45) is 2.32. The average Bonchev–Trinajstić information content (AvgIpc) is 2.43. The predicted molar refractivity (Wildman–Crippen MR) is 83.3 cm³/mol. The van der Waals surface area contributed by atoms with Crippen molar-refractivity contribution < 1.29 is 4.79 Å². The minimum Gasteiger partial charge on any atom is -0.325 e. The van der Waals surface area contributed by atoms with Gasteiger partial charge in [0.15, 0.2) is 0 Å². The number of carbonyl (C=O) groups is 1. The molecule has 1 unspecified atom stereocenters. The van der Waals surface area contributed by atoms with Gasteiger partial charge in [0, 0.05) is 23.3 Å². The fourth-order valence-corrected chi connectivity index (χ4v) is 2.69. The first-order valence-corrected chi connectivity index (χ1v) is 7.42. The molecule has 1 heterocycles. The van der Waals surface area contributed by atoms with Gasteiger partial charge in [-0.3, -0.25) is 9.69 Å². The second kappa shape index (κ2) is 7.07. The van der Waals surface area contributed by atoms with Crippen LogP contribution in [0.3, 0.4) is 0 Å². The number of benzene rings is 1. The van der Waals surface area contributed by atoms with E-state index >= 15 is 0 Å². The van der Waals surface area contributed by atoms with E-state index in [2.05, 4.69) is 15.5 Å². The highest BCUT2D eigenvalue weighted by Crippen LogP contribution is 2.20. The van der Waals surface area contributed by atoms with Gasteiger partial charge in [-0.15, -0.1) is 0 Å². The number of hydrogen-bond donors (Lipinski definition) is 2. The van der Waals surface area contributed by atoms with E-state index in [4.69, 9.17) is 11.6 Å². The molecule has 2 rings (SSSR count). The molecule has 5 heteroatoms. The van der Waals surface area contributed by atoms with Gasteiger partial charge < -0.3 is 10.6 Å². The fourth-order valence-electron chi connectivity index (χ4n) is 2.51. The van der Waals surface area contributed by atoms with Gasteiger partial charge in [-0.05, 0) is 51.1 Å². The van der Waals surface area contributed by atoms with Crippen molar-refractivity contribution in [3.05, 3.63) is 28.8 Å². The number of piperidine rings is 1. The van der Waals surface area contributed by atoms with E-state index in [0.29, 0.717) is 17.6 Å². The third kappa shape index (κ3) is 4.20. The van der Waals surface area contributed by atoms with Gasteiger partial charge in [-0.1, -0.05) is 17.7 Å². The number of nitrogens with zero attached hydrogens (tertiary/aromatic N) is 1. The summed E-state index contributed by atoms with van der Waals surface area (Å²) in [4.78, 5) is 14.2. The summed E-state index contributed by atoms with van der Waals surface area (Å²) in [5, 5.41) is 6.86. The lowest BCUT2D eigenvalue weighted by Crippen LogP contribution is -2.46. The Hall–Kier alpha value is -1.10. The third-order valence-electron chi connectivity index (χ3n) is 3.74. The van der Waals surface area contributed by atoms with Crippen LogP contribution in [0.4, 0.5) is 5.69 Å². The standard InChI is InChI=1S/C15H22ClN3O/c1-11-5-6-12(8-14(11)16)18-15(20)10-19-7-3-4-13(9-19)17-2/h5-6,8,13,17H,3-4,7,9-10H2,1-2H3,(H,18,20). The molecular formula is C15H22ClN3O. The second-order valence-corrected chi connectivity index (χ2v) is 5.78. The first-order chi connectivity index (χ1) is 9.58. The Morgan fingerprint density at radius 1 is 1.50 bits per heavy atom. The quantitative estimate of drug-likeness (QED) is 0.896. The number of aryl methyl sites for hydroxylation is 1. The largest absolute Gasteiger partial charge is 0.325 e. The Kier molecular flexibility index (Phi) is 5.40. The summed E-state index contributed by atoms with van der Waals surface area (Å²) in [5.41, 5.74) is 1.77. The van der Waals surface area contributed by atoms with E-state index in [1.54, 1.807) is 6.07 Å². The monoisotopic (exact) mass is 295 g/mol. The Bertz CT molecular complexity index is 478. The summed E-state index contributed by atoms with van der Waals surface area (Å²) in [5.74, 6) is 0.0154. The van der Waals surface area contributed by atoms with Gasteiger partial charge in [0.1, 0.15) is 0 Å². The molecule has 0 aromatic heterocycles. The van der Waals surface area contributed by atoms with Crippen LogP contribution in [-0.2, 0) is 4.79 Å². The number of carbonyl (C=O) groups excluding carboxylic acids is 1. The molecule has 2 N–H and O–H groups in total. The zero-order valence-corrected chi connectivity index (χ0v) is 12.8. The summed E-state index contributed by atoms with van der Waals surface area (Å²) in [7, 11) is 1.97. The van der Waals surface area contributed by atoms with Crippen LogP contribution >= 0.6 is 11.6 Å². The third-order valence-corrected chi connectivity index (χ3v) is 4.14. The van der Waals surface area contributed by atoms with Crippen molar-refractivity contribution in [1.82, 2.24) is 10.2 Å². The number of nitrogens with one attached hydrogen (secondary N) is 2. The van der Waals surface area contributed by atoms with Gasteiger partial charge in [-0.2, -0.15) is 0 Å². The normalized spacial score (nSPS) is 19.9. The number of likely N-dealkylation sites (tertiary alicyclic amines) is 1. The molecule has 110 valence electrons. The van der Waals surface area contributed by atoms with Crippen LogP contribution in [0.15, 0.2) is 18.2 Å². The number of amides is 1. The lowest BCUT2D eigenvalue weighted by molar-refractivity contribution is -0.117. The Morgan fingerprint density at radius 3 is 3.00 bits per heavy atom. The van der Waals surface area contributed by atoms with Crippen LogP contribution < -0.4 is 10.6 Å². The zero-order valence-electron chi connectivity index (χ0n) is 12.1. The van der Waals surface area contributed by atoms with Crippen LogP contribution in [0, 0.1) is 6.92 Å². The van der Waals surface area contributed by atoms with Crippen molar-refractivity contribution in [1.29, 1.82) is 0 Å². The van der Waals surface area contributed by atoms with Crippen LogP contribution in [0.1, 0.15) is 18.4 Å². The highest BCUT2D eigenvalue weighted by molar-refractivity contribution is 6.31. The maximum absolute atomic E-state index is 12.1. The Labute approximate surface area is 125 Å². The van der Waals surface area contributed by atoms with Gasteiger partial charge >= 0.3 is 0 Å². The first-order valence-electron chi connectivity index (χ1n) is 7.04. The SMILES string of the molecule is CNC1CCCN(CC(=O)Nc2ccc(C)c(Cl)c2)C1. The van der Waals surface area contributed by atoms with Crippen LogP contribution in [0.5, 0.6) is 0 Å². The van der Waals surface area contributed by atoms with E-state index in [1.165, 1.54) is 6.42 Å². The van der Waals surface area contributed by atoms with Crippen molar-refractivity contribution in [2.24, 2.45) is 0 Å². The van der Waals surface area contributed by atoms with Gasteiger partial charge in [-0.25, -0.2) is 0 Å². The maximum atomic E-state index is 12.1. The van der Waals surface area contributed by atoms with E-state index < -0.39 is 0 Å². The van der Waals surface area contributed by atoms with E-state index in [1.807, 2.05) is 26.1 Å². The molecule has 0 aliphatic carbocycles. The highest BCUT2D eigenvalue weighted by Gasteiger charge is 2.20. The molecule has 1 aliphatic rings. The molecule has 1 aromatic carbocycles. The highest BCUT2D eigenvalue weighted by atomic mass is 35.5. The average molecular weight is 296 g/mol. The minimum atomic E-state index is 0.0154. The summed E-state index contributed by atoms with van der Waals surface area (Å²) in [6, 6.07) is 6.08. The van der Waals surface area contributed by atoms with Crippen molar-refractivity contribution in [2.75, 3.05) is 32.0 Å². The molecule has 0 bridgehead atoms. The van der Waals surface area contributed by atoms with Gasteiger partial charge in [0.25, 0.3) is 0 Å². The van der Waals surface area contributed by atoms with Crippen LogP contribution in [-0.4, -0.2) is 43.5 Å². The smallest absolute Gasteiger partial charge is 0.238 e. The summed E-state index contributed by atoms with van der Waals surface area (Å²) in [6.45, 7) is 4.29. The molecule has 1 atom stereocenters. The number of halogens is 1. The molecule has 1 aliphatic heterocycles. The van der Waals surface area contributed by atoms with Crippen LogP contribution in [0.25, 0.3) is 0 Å². The predicted octanol–water partition coefficient (Wildman–Crippen LogP) is 2.27. The van der Waals surface area contributed by atoms with Crippen molar-refractivity contribution in [3.63, 3.8) is 0 Å². The van der Waals surface area contributed by atoms with Gasteiger partial charge in [0.05, 0.1) is 6.54 Å². The Balaban J connectivity index is 1.87. The molecule has 1 aromatic rings. The zero-order chi connectivity index (χ0) is 14.5. The summed E-state index contributed by atoms with van der Waals surface area (Å²) < 4.78 is 0. The minimum absolute atomic E-state index is 0.0154. The molecule has 20 heavy (non-hydrogen) atoms. The van der Waals surface area contributed by atoms with Crippen molar-refractivity contribution in [2.45, 2.75) is 25.8 Å². The number of hydrogen-bond acceptors (Lipinski definition) is 3. The van der Waals surface area contributed by atoms with Crippen molar-refractivity contribution >= 4 is 23.2 Å². The molecule has 0 saturated carbocycles. The number of anilines is 1.